The van der Waals surface area contributed by atoms with E-state index in [4.69, 9.17) is 9.84 Å². The standard InChI is InChI=1S/C15H21NO3S/c1-11(15(17)18)16(12-3-4-12)9-10-19-13-5-7-14(20-2)8-6-13/h5-8,11-12H,3-4,9-10H2,1-2H3,(H,17,18). The molecule has 0 aliphatic heterocycles. The number of hydrogen-bond donors (Lipinski definition) is 1. The van der Waals surface area contributed by atoms with Crippen molar-refractivity contribution in [1.29, 1.82) is 0 Å². The Bertz CT molecular complexity index is 445. The van der Waals surface area contributed by atoms with Crippen molar-refractivity contribution < 1.29 is 14.6 Å². The minimum Gasteiger partial charge on any atom is -0.492 e. The van der Waals surface area contributed by atoms with E-state index in [1.54, 1.807) is 18.7 Å². The van der Waals surface area contributed by atoms with E-state index in [0.29, 0.717) is 19.2 Å². The number of carboxylic acid groups (broad SMARTS) is 1. The number of hydrogen-bond acceptors (Lipinski definition) is 4. The molecule has 5 heteroatoms. The van der Waals surface area contributed by atoms with Crippen LogP contribution >= 0.6 is 11.8 Å². The smallest absolute Gasteiger partial charge is 0.320 e. The summed E-state index contributed by atoms with van der Waals surface area (Å²) < 4.78 is 5.70. The molecule has 4 nitrogen and oxygen atoms in total. The second kappa shape index (κ2) is 6.99. The molecule has 1 aliphatic carbocycles. The molecule has 0 amide bonds. The summed E-state index contributed by atoms with van der Waals surface area (Å²) in [5, 5.41) is 9.12. The van der Waals surface area contributed by atoms with Gasteiger partial charge in [0.2, 0.25) is 0 Å². The predicted molar refractivity (Wildman–Crippen MR) is 80.5 cm³/mol. The summed E-state index contributed by atoms with van der Waals surface area (Å²) in [6.07, 6.45) is 4.23. The van der Waals surface area contributed by atoms with Gasteiger partial charge < -0.3 is 9.84 Å². The summed E-state index contributed by atoms with van der Waals surface area (Å²) in [6.45, 7) is 2.92. The summed E-state index contributed by atoms with van der Waals surface area (Å²) in [5.41, 5.74) is 0. The van der Waals surface area contributed by atoms with Gasteiger partial charge in [-0.1, -0.05) is 0 Å². The molecule has 0 radical (unpaired) electrons. The molecule has 110 valence electrons. The van der Waals surface area contributed by atoms with Crippen LogP contribution in [0.3, 0.4) is 0 Å². The second-order valence-electron chi connectivity index (χ2n) is 5.01. The number of carbonyl (C=O) groups is 1. The van der Waals surface area contributed by atoms with E-state index in [-0.39, 0.29) is 0 Å². The van der Waals surface area contributed by atoms with Crippen LogP contribution in [0.4, 0.5) is 0 Å². The van der Waals surface area contributed by atoms with Gasteiger partial charge in [0.05, 0.1) is 0 Å². The molecule has 1 fully saturated rings. The maximum Gasteiger partial charge on any atom is 0.320 e. The lowest BCUT2D eigenvalue weighted by atomic mass is 10.2. The normalized spacial score (nSPS) is 16.1. The molecule has 1 N–H and O–H groups in total. The van der Waals surface area contributed by atoms with Crippen LogP contribution in [-0.4, -0.2) is 47.5 Å². The van der Waals surface area contributed by atoms with Gasteiger partial charge in [0, 0.05) is 17.5 Å². The topological polar surface area (TPSA) is 49.8 Å². The molecule has 0 saturated heterocycles. The SMILES string of the molecule is CSc1ccc(OCCN(C2CC2)C(C)C(=O)O)cc1. The van der Waals surface area contributed by atoms with Gasteiger partial charge in [0.25, 0.3) is 0 Å². The highest BCUT2D eigenvalue weighted by molar-refractivity contribution is 7.98. The van der Waals surface area contributed by atoms with Crippen LogP contribution in [0, 0.1) is 0 Å². The van der Waals surface area contributed by atoms with Crippen LogP contribution in [0.2, 0.25) is 0 Å². The summed E-state index contributed by atoms with van der Waals surface area (Å²) in [5.74, 6) is 0.0720. The van der Waals surface area contributed by atoms with Crippen molar-refractivity contribution >= 4 is 17.7 Å². The van der Waals surface area contributed by atoms with E-state index in [2.05, 4.69) is 0 Å². The molecule has 20 heavy (non-hydrogen) atoms. The second-order valence-corrected chi connectivity index (χ2v) is 5.89. The third-order valence-electron chi connectivity index (χ3n) is 3.55. The fourth-order valence-electron chi connectivity index (χ4n) is 2.18. The maximum absolute atomic E-state index is 11.1. The Hall–Kier alpha value is -1.20. The molecule has 1 aromatic carbocycles. The Morgan fingerprint density at radius 1 is 1.45 bits per heavy atom. The van der Waals surface area contributed by atoms with Crippen LogP contribution in [0.25, 0.3) is 0 Å². The Kier molecular flexibility index (Phi) is 5.31. The largest absolute Gasteiger partial charge is 0.492 e. The highest BCUT2D eigenvalue weighted by Crippen LogP contribution is 2.28. The van der Waals surface area contributed by atoms with Crippen molar-refractivity contribution in [3.8, 4) is 5.75 Å². The lowest BCUT2D eigenvalue weighted by Gasteiger charge is -2.25. The van der Waals surface area contributed by atoms with E-state index < -0.39 is 12.0 Å². The van der Waals surface area contributed by atoms with Crippen LogP contribution in [-0.2, 0) is 4.79 Å². The van der Waals surface area contributed by atoms with Crippen LogP contribution in [0.5, 0.6) is 5.75 Å². The monoisotopic (exact) mass is 295 g/mol. The van der Waals surface area contributed by atoms with E-state index in [0.717, 1.165) is 18.6 Å². The van der Waals surface area contributed by atoms with E-state index >= 15 is 0 Å². The lowest BCUT2D eigenvalue weighted by molar-refractivity contribution is -0.143. The van der Waals surface area contributed by atoms with Crippen molar-refractivity contribution in [3.63, 3.8) is 0 Å². The first-order valence-electron chi connectivity index (χ1n) is 6.87. The van der Waals surface area contributed by atoms with Crippen molar-refractivity contribution in [2.75, 3.05) is 19.4 Å². The summed E-state index contributed by atoms with van der Waals surface area (Å²) in [4.78, 5) is 14.3. The zero-order chi connectivity index (χ0) is 14.5. The van der Waals surface area contributed by atoms with Gasteiger partial charge in [-0.25, -0.2) is 0 Å². The fourth-order valence-corrected chi connectivity index (χ4v) is 2.59. The fraction of sp³-hybridized carbons (Fsp3) is 0.533. The minimum atomic E-state index is -0.763. The van der Waals surface area contributed by atoms with Gasteiger partial charge in [-0.15, -0.1) is 11.8 Å². The number of nitrogens with zero attached hydrogens (tertiary/aromatic N) is 1. The van der Waals surface area contributed by atoms with Gasteiger partial charge in [-0.2, -0.15) is 0 Å². The summed E-state index contributed by atoms with van der Waals surface area (Å²) in [6, 6.07) is 7.94. The Morgan fingerprint density at radius 3 is 2.60 bits per heavy atom. The first kappa shape index (κ1) is 15.2. The number of aliphatic carboxylic acids is 1. The van der Waals surface area contributed by atoms with Gasteiger partial charge in [-0.3, -0.25) is 9.69 Å². The van der Waals surface area contributed by atoms with Crippen molar-refractivity contribution in [1.82, 2.24) is 4.90 Å². The molecule has 0 heterocycles. The molecule has 0 spiro atoms. The van der Waals surface area contributed by atoms with Gasteiger partial charge in [0.1, 0.15) is 18.4 Å². The zero-order valence-corrected chi connectivity index (χ0v) is 12.7. The lowest BCUT2D eigenvalue weighted by Crippen LogP contribution is -2.42. The van der Waals surface area contributed by atoms with Gasteiger partial charge in [0.15, 0.2) is 0 Å². The van der Waals surface area contributed by atoms with Crippen molar-refractivity contribution in [2.45, 2.75) is 36.7 Å². The number of benzene rings is 1. The number of thioether (sulfide) groups is 1. The molecular weight excluding hydrogens is 274 g/mol. The third-order valence-corrected chi connectivity index (χ3v) is 4.29. The number of ether oxygens (including phenoxy) is 1. The van der Waals surface area contributed by atoms with Crippen LogP contribution in [0.1, 0.15) is 19.8 Å². The van der Waals surface area contributed by atoms with Crippen molar-refractivity contribution in [2.24, 2.45) is 0 Å². The molecule has 1 saturated carbocycles. The molecule has 2 rings (SSSR count). The molecule has 1 aromatic rings. The van der Waals surface area contributed by atoms with Gasteiger partial charge >= 0.3 is 5.97 Å². The van der Waals surface area contributed by atoms with Gasteiger partial charge in [-0.05, 0) is 50.3 Å². The molecule has 1 unspecified atom stereocenters. The van der Waals surface area contributed by atoms with Crippen molar-refractivity contribution in [3.05, 3.63) is 24.3 Å². The first-order valence-corrected chi connectivity index (χ1v) is 8.09. The number of carboxylic acids is 1. The average Bonchev–Trinajstić information content (AvgIpc) is 3.28. The Morgan fingerprint density at radius 2 is 2.10 bits per heavy atom. The Balaban J connectivity index is 1.82. The number of rotatable bonds is 8. The zero-order valence-electron chi connectivity index (χ0n) is 11.9. The van der Waals surface area contributed by atoms with Crippen LogP contribution < -0.4 is 4.74 Å². The van der Waals surface area contributed by atoms with E-state index in [9.17, 15) is 4.79 Å². The maximum atomic E-state index is 11.1. The summed E-state index contributed by atoms with van der Waals surface area (Å²) >= 11 is 1.70. The van der Waals surface area contributed by atoms with E-state index in [1.165, 1.54) is 4.90 Å². The highest BCUT2D eigenvalue weighted by atomic mass is 32.2. The molecule has 1 aliphatic rings. The quantitative estimate of drug-likeness (QED) is 0.747. The van der Waals surface area contributed by atoms with Crippen LogP contribution in [0.15, 0.2) is 29.2 Å². The average molecular weight is 295 g/mol. The first-order chi connectivity index (χ1) is 9.61. The molecule has 0 aromatic heterocycles. The highest BCUT2D eigenvalue weighted by Gasteiger charge is 2.34. The third kappa shape index (κ3) is 4.15. The minimum absolute atomic E-state index is 0.420. The van der Waals surface area contributed by atoms with E-state index in [1.807, 2.05) is 35.4 Å². The summed E-state index contributed by atoms with van der Waals surface area (Å²) in [7, 11) is 0. The molecule has 1 atom stereocenters. The predicted octanol–water partition coefficient (Wildman–Crippen LogP) is 2.72. The molecular formula is C15H21NO3S. The molecule has 0 bridgehead atoms. The Labute approximate surface area is 124 Å².